The molecule has 0 unspecified atom stereocenters. The highest BCUT2D eigenvalue weighted by Gasteiger charge is 2.23. The second-order valence-electron chi connectivity index (χ2n) is 7.11. The highest BCUT2D eigenvalue weighted by atomic mass is 32.1. The highest BCUT2D eigenvalue weighted by molar-refractivity contribution is 7.14. The molecule has 3 heterocycles. The number of hydrogen-bond acceptors (Lipinski definition) is 6. The summed E-state index contributed by atoms with van der Waals surface area (Å²) in [6.45, 7) is 4.53. The Morgan fingerprint density at radius 2 is 2.13 bits per heavy atom. The average molecular weight is 434 g/mol. The molecule has 0 fully saturated rings. The fourth-order valence-electron chi connectivity index (χ4n) is 3.14. The molecule has 1 aliphatic heterocycles. The van der Waals surface area contributed by atoms with E-state index in [9.17, 15) is 0 Å². The van der Waals surface area contributed by atoms with Crippen molar-refractivity contribution in [3.05, 3.63) is 58.0 Å². The molecule has 0 bridgehead atoms. The fourth-order valence-corrected chi connectivity index (χ4v) is 4.15. The molecule has 0 amide bonds. The predicted molar refractivity (Wildman–Crippen MR) is 126 cm³/mol. The summed E-state index contributed by atoms with van der Waals surface area (Å²) in [5.41, 5.74) is 14.3. The van der Waals surface area contributed by atoms with E-state index in [2.05, 4.69) is 20.0 Å². The summed E-state index contributed by atoms with van der Waals surface area (Å²) in [7, 11) is 0. The molecular formula is C22H23N7OS. The minimum absolute atomic E-state index is 0.0851. The van der Waals surface area contributed by atoms with E-state index in [0.29, 0.717) is 24.1 Å². The standard InChI is InChI=1S/C22H23N7OS/c1-13(2)27-21(26-12-23)22-29-19-15-7-6-14(11-16(15)30-10-8-17(19)31-22)20(24)28-18-5-3-4-9-25-18/h3-7,9,11-13H,8,10H2,1-2H3,(H2,23,26,27)(H2,24,25,28). The molecule has 8 nitrogen and oxygen atoms in total. The van der Waals surface area contributed by atoms with Crippen molar-refractivity contribution < 1.29 is 4.74 Å². The van der Waals surface area contributed by atoms with Gasteiger partial charge in [0.1, 0.15) is 11.6 Å². The van der Waals surface area contributed by atoms with Gasteiger partial charge >= 0.3 is 0 Å². The molecule has 9 heteroatoms. The second kappa shape index (κ2) is 9.05. The number of benzene rings is 1. The number of ether oxygens (including phenoxy) is 1. The van der Waals surface area contributed by atoms with Gasteiger partial charge in [-0.25, -0.2) is 20.0 Å². The Balaban J connectivity index is 1.72. The Bertz CT molecular complexity index is 1170. The number of nitrogens with two attached hydrogens (primary N) is 2. The number of nitrogens with zero attached hydrogens (tertiary/aromatic N) is 5. The van der Waals surface area contributed by atoms with Gasteiger partial charge in [0.05, 0.1) is 18.6 Å². The smallest absolute Gasteiger partial charge is 0.185 e. The summed E-state index contributed by atoms with van der Waals surface area (Å²) in [5, 5.41) is 0.744. The second-order valence-corrected chi connectivity index (χ2v) is 8.19. The first-order valence-electron chi connectivity index (χ1n) is 9.90. The van der Waals surface area contributed by atoms with E-state index in [1.54, 1.807) is 23.6 Å². The van der Waals surface area contributed by atoms with Gasteiger partial charge in [-0.1, -0.05) is 12.1 Å². The normalized spacial score (nSPS) is 14.3. The molecule has 0 saturated carbocycles. The third-order valence-corrected chi connectivity index (χ3v) is 5.58. The van der Waals surface area contributed by atoms with Gasteiger partial charge in [-0.05, 0) is 38.1 Å². The lowest BCUT2D eigenvalue weighted by Gasteiger charge is -2.09. The summed E-state index contributed by atoms with van der Waals surface area (Å²) in [6, 6.07) is 11.4. The SMILES string of the molecule is CC(C)N=C(N=CN)c1nc2c(s1)CCOc1cc(/C(N)=N/c3ccccn3)ccc1-2. The van der Waals surface area contributed by atoms with E-state index in [0.717, 1.165) is 38.9 Å². The Morgan fingerprint density at radius 1 is 1.26 bits per heavy atom. The molecule has 31 heavy (non-hydrogen) atoms. The number of rotatable bonds is 4. The van der Waals surface area contributed by atoms with Gasteiger partial charge in [-0.15, -0.1) is 11.3 Å². The van der Waals surface area contributed by atoms with E-state index in [4.69, 9.17) is 21.2 Å². The van der Waals surface area contributed by atoms with Crippen LogP contribution in [0.15, 0.2) is 57.6 Å². The number of pyridine rings is 1. The largest absolute Gasteiger partial charge is 0.492 e. The minimum Gasteiger partial charge on any atom is -0.492 e. The van der Waals surface area contributed by atoms with Crippen molar-refractivity contribution in [2.75, 3.05) is 6.61 Å². The van der Waals surface area contributed by atoms with Crippen LogP contribution in [0, 0.1) is 0 Å². The van der Waals surface area contributed by atoms with E-state index in [1.165, 1.54) is 6.34 Å². The highest BCUT2D eigenvalue weighted by Crippen LogP contribution is 2.38. The van der Waals surface area contributed by atoms with Crippen molar-refractivity contribution in [2.24, 2.45) is 26.4 Å². The molecule has 1 aliphatic rings. The topological polar surface area (TPSA) is 124 Å². The summed E-state index contributed by atoms with van der Waals surface area (Å²) >= 11 is 1.57. The van der Waals surface area contributed by atoms with Gasteiger partial charge in [0.15, 0.2) is 16.7 Å². The Morgan fingerprint density at radius 3 is 2.87 bits per heavy atom. The van der Waals surface area contributed by atoms with Crippen LogP contribution in [0.25, 0.3) is 11.3 Å². The quantitative estimate of drug-likeness (QED) is 0.482. The number of aromatic nitrogens is 2. The maximum Gasteiger partial charge on any atom is 0.185 e. The molecule has 0 atom stereocenters. The van der Waals surface area contributed by atoms with Crippen LogP contribution in [0.5, 0.6) is 5.75 Å². The fraction of sp³-hybridized carbons (Fsp3) is 0.227. The number of amidine groups is 2. The van der Waals surface area contributed by atoms with Gasteiger partial charge in [0.25, 0.3) is 0 Å². The van der Waals surface area contributed by atoms with Crippen molar-refractivity contribution in [2.45, 2.75) is 26.3 Å². The lowest BCUT2D eigenvalue weighted by Crippen LogP contribution is -2.13. The van der Waals surface area contributed by atoms with E-state index in [1.807, 2.05) is 44.2 Å². The molecule has 0 saturated heterocycles. The van der Waals surface area contributed by atoms with Crippen LogP contribution in [0.4, 0.5) is 5.82 Å². The molecule has 1 aromatic carbocycles. The Kier molecular flexibility index (Phi) is 6.03. The zero-order chi connectivity index (χ0) is 21.8. The van der Waals surface area contributed by atoms with Gasteiger partial charge in [0.2, 0.25) is 0 Å². The lowest BCUT2D eigenvalue weighted by atomic mass is 10.1. The monoisotopic (exact) mass is 433 g/mol. The summed E-state index contributed by atoms with van der Waals surface area (Å²) < 4.78 is 6.00. The molecule has 4 N–H and O–H groups in total. The van der Waals surface area contributed by atoms with Crippen LogP contribution in [-0.4, -0.2) is 40.6 Å². The summed E-state index contributed by atoms with van der Waals surface area (Å²) in [4.78, 5) is 23.3. The average Bonchev–Trinajstić information content (AvgIpc) is 3.10. The predicted octanol–water partition coefficient (Wildman–Crippen LogP) is 3.32. The molecule has 3 aromatic rings. The van der Waals surface area contributed by atoms with Crippen molar-refractivity contribution >= 4 is 35.2 Å². The molecule has 0 aliphatic carbocycles. The molecular weight excluding hydrogens is 410 g/mol. The van der Waals surface area contributed by atoms with Gasteiger partial charge in [0, 0.05) is 34.7 Å². The molecule has 158 valence electrons. The molecule has 0 spiro atoms. The van der Waals surface area contributed by atoms with E-state index >= 15 is 0 Å². The van der Waals surface area contributed by atoms with Crippen molar-refractivity contribution in [3.8, 4) is 17.0 Å². The zero-order valence-electron chi connectivity index (χ0n) is 17.3. The first-order valence-corrected chi connectivity index (χ1v) is 10.7. The maximum absolute atomic E-state index is 6.21. The first-order chi connectivity index (χ1) is 15.0. The van der Waals surface area contributed by atoms with Crippen LogP contribution in [0.2, 0.25) is 0 Å². The Hall–Kier alpha value is -3.59. The number of aliphatic imine (C=N–C) groups is 3. The van der Waals surface area contributed by atoms with Crippen LogP contribution >= 0.6 is 11.3 Å². The molecule has 2 aromatic heterocycles. The Labute approximate surface area is 184 Å². The third-order valence-electron chi connectivity index (χ3n) is 4.47. The minimum atomic E-state index is 0.0851. The van der Waals surface area contributed by atoms with Gasteiger partial charge < -0.3 is 16.2 Å². The summed E-state index contributed by atoms with van der Waals surface area (Å²) in [5.74, 6) is 2.19. The lowest BCUT2D eigenvalue weighted by molar-refractivity contribution is 0.327. The zero-order valence-corrected chi connectivity index (χ0v) is 18.1. The molecule has 4 rings (SSSR count). The van der Waals surface area contributed by atoms with Gasteiger partial charge in [-0.3, -0.25) is 4.99 Å². The van der Waals surface area contributed by atoms with E-state index in [-0.39, 0.29) is 6.04 Å². The van der Waals surface area contributed by atoms with E-state index < -0.39 is 0 Å². The summed E-state index contributed by atoms with van der Waals surface area (Å²) in [6.07, 6.45) is 3.68. The van der Waals surface area contributed by atoms with Crippen LogP contribution in [0.1, 0.15) is 29.3 Å². The maximum atomic E-state index is 6.21. The number of fused-ring (bicyclic) bond motifs is 3. The van der Waals surface area contributed by atoms with Crippen molar-refractivity contribution in [1.82, 2.24) is 9.97 Å². The number of thiazole rings is 1. The van der Waals surface area contributed by atoms with Crippen LogP contribution < -0.4 is 16.2 Å². The number of hydrogen-bond donors (Lipinski definition) is 2. The van der Waals surface area contributed by atoms with Gasteiger partial charge in [-0.2, -0.15) is 0 Å². The third kappa shape index (κ3) is 4.61. The van der Waals surface area contributed by atoms with Crippen LogP contribution in [0.3, 0.4) is 0 Å². The van der Waals surface area contributed by atoms with Crippen molar-refractivity contribution in [1.29, 1.82) is 0 Å². The first kappa shape index (κ1) is 20.7. The molecule has 0 radical (unpaired) electrons. The van der Waals surface area contributed by atoms with Crippen molar-refractivity contribution in [3.63, 3.8) is 0 Å². The van der Waals surface area contributed by atoms with Crippen LogP contribution in [-0.2, 0) is 6.42 Å².